The number of allylic oxidation sites excluding steroid dienone is 1. The molecule has 0 unspecified atom stereocenters. The molecule has 0 fully saturated rings. The van der Waals surface area contributed by atoms with Crippen molar-refractivity contribution in [2.75, 3.05) is 0 Å². The maximum atomic E-state index is 11.2. The Morgan fingerprint density at radius 3 is 2.47 bits per heavy atom. The van der Waals surface area contributed by atoms with E-state index in [-0.39, 0.29) is 11.4 Å². The van der Waals surface area contributed by atoms with Crippen LogP contribution in [0.2, 0.25) is 0 Å². The van der Waals surface area contributed by atoms with E-state index in [1.807, 2.05) is 67.6 Å². The number of hydrogen-bond acceptors (Lipinski definition) is 5. The van der Waals surface area contributed by atoms with Gasteiger partial charge in [0.05, 0.1) is 28.4 Å². The van der Waals surface area contributed by atoms with Gasteiger partial charge in [-0.1, -0.05) is 59.9 Å². The molecule has 4 aromatic rings. The van der Waals surface area contributed by atoms with E-state index in [0.717, 1.165) is 33.8 Å². The molecule has 0 saturated heterocycles. The fourth-order valence-electron chi connectivity index (χ4n) is 3.84. The van der Waals surface area contributed by atoms with Crippen molar-refractivity contribution in [2.24, 2.45) is 9.98 Å². The molecule has 34 heavy (non-hydrogen) atoms. The highest BCUT2D eigenvalue weighted by Gasteiger charge is 2.20. The monoisotopic (exact) mass is 467 g/mol. The number of aliphatic imine (C=N–C) groups is 1. The van der Waals surface area contributed by atoms with Gasteiger partial charge in [-0.25, -0.2) is 9.79 Å². The number of nitrogens with zero attached hydrogens (tertiary/aromatic N) is 3. The van der Waals surface area contributed by atoms with Crippen LogP contribution < -0.4 is 4.80 Å². The first-order chi connectivity index (χ1) is 16.5. The van der Waals surface area contributed by atoms with Gasteiger partial charge in [0.25, 0.3) is 0 Å². The van der Waals surface area contributed by atoms with Crippen molar-refractivity contribution < 1.29 is 15.0 Å². The molecular weight excluding hydrogens is 446 g/mol. The van der Waals surface area contributed by atoms with E-state index in [2.05, 4.69) is 4.99 Å². The summed E-state index contributed by atoms with van der Waals surface area (Å²) >= 11 is 1.39. The summed E-state index contributed by atoms with van der Waals surface area (Å²) in [4.78, 5) is 21.9. The van der Waals surface area contributed by atoms with Crippen LogP contribution in [0.25, 0.3) is 11.6 Å². The number of aromatic hydroxyl groups is 1. The van der Waals surface area contributed by atoms with Crippen LogP contribution in [0.5, 0.6) is 5.88 Å². The number of rotatable bonds is 5. The number of hydrogen-bond donors (Lipinski definition) is 2. The normalized spacial score (nSPS) is 14.3. The van der Waals surface area contributed by atoms with Gasteiger partial charge in [0.1, 0.15) is 0 Å². The summed E-state index contributed by atoms with van der Waals surface area (Å²) in [6.07, 6.45) is 1.96. The topological polar surface area (TPSA) is 87.2 Å². The van der Waals surface area contributed by atoms with Crippen molar-refractivity contribution in [1.82, 2.24) is 4.57 Å². The van der Waals surface area contributed by atoms with Crippen LogP contribution in [0.15, 0.2) is 88.8 Å². The number of thiazole rings is 1. The average Bonchev–Trinajstić information content (AvgIpc) is 3.31. The molecule has 0 radical (unpaired) electrons. The van der Waals surface area contributed by atoms with Gasteiger partial charge in [0, 0.05) is 16.8 Å². The maximum Gasteiger partial charge on any atom is 0.335 e. The molecule has 2 N–H and O–H groups in total. The first-order valence-electron chi connectivity index (χ1n) is 10.7. The molecule has 3 aromatic carbocycles. The zero-order chi connectivity index (χ0) is 23.7. The fraction of sp³-hybridized carbons (Fsp3) is 0.0741. The molecule has 0 atom stereocenters. The number of aromatic nitrogens is 1. The third kappa shape index (κ3) is 4.21. The summed E-state index contributed by atoms with van der Waals surface area (Å²) < 4.78 is 1.74. The van der Waals surface area contributed by atoms with Gasteiger partial charge in [-0.3, -0.25) is 9.56 Å². The molecule has 168 valence electrons. The summed E-state index contributed by atoms with van der Waals surface area (Å²) in [6, 6.07) is 24.1. The Balaban J connectivity index is 1.61. The van der Waals surface area contributed by atoms with Gasteiger partial charge >= 0.3 is 5.97 Å². The lowest BCUT2D eigenvalue weighted by Crippen LogP contribution is -2.15. The first kappa shape index (κ1) is 21.6. The number of carboxylic acid groups (broad SMARTS) is 1. The molecule has 0 spiro atoms. The Morgan fingerprint density at radius 2 is 1.74 bits per heavy atom. The minimum Gasteiger partial charge on any atom is -0.493 e. The van der Waals surface area contributed by atoms with Crippen molar-refractivity contribution in [3.05, 3.63) is 105 Å². The van der Waals surface area contributed by atoms with Crippen LogP contribution in [0, 0.1) is 0 Å². The highest BCUT2D eigenvalue weighted by atomic mass is 32.1. The number of para-hydroxylation sites is 2. The van der Waals surface area contributed by atoms with Crippen molar-refractivity contribution in [3.8, 4) is 5.88 Å². The number of carboxylic acids is 1. The zero-order valence-corrected chi connectivity index (χ0v) is 19.2. The Morgan fingerprint density at radius 1 is 1.03 bits per heavy atom. The minimum absolute atomic E-state index is 0.103. The van der Waals surface area contributed by atoms with Crippen LogP contribution in [-0.2, 0) is 6.54 Å². The summed E-state index contributed by atoms with van der Waals surface area (Å²) in [7, 11) is 0. The third-order valence-corrected chi connectivity index (χ3v) is 6.59. The summed E-state index contributed by atoms with van der Waals surface area (Å²) in [5.41, 5.74) is 5.67. The predicted octanol–water partition coefficient (Wildman–Crippen LogP) is 5.88. The first-order valence-corrected chi connectivity index (χ1v) is 11.5. The molecule has 1 aliphatic heterocycles. The Labute approximate surface area is 200 Å². The van der Waals surface area contributed by atoms with Crippen molar-refractivity contribution >= 4 is 46.0 Å². The molecule has 0 amide bonds. The second-order valence-electron chi connectivity index (χ2n) is 7.88. The highest BCUT2D eigenvalue weighted by Crippen LogP contribution is 2.37. The number of carbonyl (C=O) groups is 1. The van der Waals surface area contributed by atoms with E-state index in [1.54, 1.807) is 28.8 Å². The second kappa shape index (κ2) is 8.96. The quantitative estimate of drug-likeness (QED) is 0.384. The Bertz CT molecular complexity index is 1510. The molecule has 0 bridgehead atoms. The van der Waals surface area contributed by atoms with E-state index in [0.29, 0.717) is 16.2 Å². The Hall–Kier alpha value is -4.23. The summed E-state index contributed by atoms with van der Waals surface area (Å²) in [5, 5.41) is 20.4. The van der Waals surface area contributed by atoms with E-state index in [4.69, 9.17) is 4.99 Å². The predicted molar refractivity (Wildman–Crippen MR) is 135 cm³/mol. The van der Waals surface area contributed by atoms with Crippen molar-refractivity contribution in [1.29, 1.82) is 0 Å². The lowest BCUT2D eigenvalue weighted by Gasteiger charge is -2.07. The SMILES string of the molecule is CC1=Nc2ccccc2C1=Cc1sc(=Nc2ccccc2)n(Cc2ccc(C(=O)O)cc2)c1O. The van der Waals surface area contributed by atoms with E-state index >= 15 is 0 Å². The molecule has 1 aromatic heterocycles. The van der Waals surface area contributed by atoms with Crippen LogP contribution in [0.4, 0.5) is 11.4 Å². The molecule has 6 nitrogen and oxygen atoms in total. The number of fused-ring (bicyclic) bond motifs is 1. The second-order valence-corrected chi connectivity index (χ2v) is 8.89. The fourth-order valence-corrected chi connectivity index (χ4v) is 4.83. The van der Waals surface area contributed by atoms with Gasteiger partial charge in [-0.15, -0.1) is 0 Å². The van der Waals surface area contributed by atoms with Gasteiger partial charge < -0.3 is 10.2 Å². The van der Waals surface area contributed by atoms with E-state index in [9.17, 15) is 15.0 Å². The van der Waals surface area contributed by atoms with Gasteiger partial charge in [0.2, 0.25) is 5.88 Å². The lowest BCUT2D eigenvalue weighted by molar-refractivity contribution is 0.0697. The largest absolute Gasteiger partial charge is 0.493 e. The van der Waals surface area contributed by atoms with E-state index in [1.165, 1.54) is 11.3 Å². The number of aromatic carboxylic acids is 1. The molecule has 0 aliphatic carbocycles. The van der Waals surface area contributed by atoms with Crippen LogP contribution >= 0.6 is 11.3 Å². The zero-order valence-electron chi connectivity index (χ0n) is 18.3. The van der Waals surface area contributed by atoms with Crippen LogP contribution in [0.1, 0.15) is 33.3 Å². The highest BCUT2D eigenvalue weighted by molar-refractivity contribution is 7.10. The van der Waals surface area contributed by atoms with Crippen molar-refractivity contribution in [3.63, 3.8) is 0 Å². The van der Waals surface area contributed by atoms with Gasteiger partial charge in [-0.05, 0) is 48.9 Å². The molecular formula is C27H21N3O3S. The molecule has 5 rings (SSSR count). The number of benzene rings is 3. The maximum absolute atomic E-state index is 11.2. The molecule has 2 heterocycles. The third-order valence-electron chi connectivity index (χ3n) is 5.58. The Kier molecular flexibility index (Phi) is 5.69. The van der Waals surface area contributed by atoms with Gasteiger partial charge in [0.15, 0.2) is 4.80 Å². The van der Waals surface area contributed by atoms with Crippen LogP contribution in [-0.4, -0.2) is 26.5 Å². The standard InChI is InChI=1S/C27H21N3O3S/c1-17-22(21-9-5-6-10-23(21)28-17)15-24-25(31)30(16-18-11-13-19(14-12-18)26(32)33)27(34-24)29-20-7-3-2-4-8-20/h2-15,31H,16H2,1H3,(H,32,33). The lowest BCUT2D eigenvalue weighted by atomic mass is 10.0. The molecule has 7 heteroatoms. The molecule has 1 aliphatic rings. The van der Waals surface area contributed by atoms with Crippen LogP contribution in [0.3, 0.4) is 0 Å². The van der Waals surface area contributed by atoms with Gasteiger partial charge in [-0.2, -0.15) is 0 Å². The van der Waals surface area contributed by atoms with E-state index < -0.39 is 5.97 Å². The molecule has 0 saturated carbocycles. The summed E-state index contributed by atoms with van der Waals surface area (Å²) in [6.45, 7) is 2.31. The smallest absolute Gasteiger partial charge is 0.335 e. The summed E-state index contributed by atoms with van der Waals surface area (Å²) in [5.74, 6) is -0.869. The minimum atomic E-state index is -0.972. The average molecular weight is 468 g/mol. The van der Waals surface area contributed by atoms with Crippen molar-refractivity contribution in [2.45, 2.75) is 13.5 Å².